The minimum Gasteiger partial charge on any atom is -0.382 e. The van der Waals surface area contributed by atoms with E-state index in [0.29, 0.717) is 36.0 Å². The van der Waals surface area contributed by atoms with E-state index in [0.717, 1.165) is 5.57 Å². The number of anilines is 1. The van der Waals surface area contributed by atoms with E-state index in [1.54, 1.807) is 24.3 Å². The summed E-state index contributed by atoms with van der Waals surface area (Å²) in [5.41, 5.74) is 1.87. The summed E-state index contributed by atoms with van der Waals surface area (Å²) in [4.78, 5) is 12.6. The number of halogens is 2. The molecule has 0 aromatic heterocycles. The van der Waals surface area contributed by atoms with Crippen molar-refractivity contribution in [3.63, 3.8) is 0 Å². The average Bonchev–Trinajstić information content (AvgIpc) is 2.55. The minimum absolute atomic E-state index is 0.0151. The molecule has 3 nitrogen and oxygen atoms in total. The number of hydrogen-bond donors (Lipinski definition) is 1. The molecule has 0 aliphatic carbocycles. The Balaban J connectivity index is 2.14. The van der Waals surface area contributed by atoms with Crippen LogP contribution >= 0.6 is 11.6 Å². The van der Waals surface area contributed by atoms with Crippen LogP contribution in [-0.4, -0.2) is 25.5 Å². The van der Waals surface area contributed by atoms with Crippen molar-refractivity contribution in [3.8, 4) is 0 Å². The number of rotatable bonds is 8. The molecule has 0 fully saturated rings. The Labute approximate surface area is 146 Å². The van der Waals surface area contributed by atoms with Gasteiger partial charge in [-0.2, -0.15) is 0 Å². The largest absolute Gasteiger partial charge is 0.382 e. The van der Waals surface area contributed by atoms with E-state index < -0.39 is 11.6 Å². The maximum absolute atomic E-state index is 13.9. The van der Waals surface area contributed by atoms with Crippen LogP contribution < -0.4 is 5.32 Å². The lowest BCUT2D eigenvalue weighted by atomic mass is 10.0. The van der Waals surface area contributed by atoms with Gasteiger partial charge in [0.2, 0.25) is 0 Å². The smallest absolute Gasteiger partial charge is 0.198 e. The molecule has 0 saturated heterocycles. The molecule has 0 aliphatic heterocycles. The molecule has 126 valence electrons. The van der Waals surface area contributed by atoms with Crippen LogP contribution in [0.5, 0.6) is 0 Å². The normalized spacial score (nSPS) is 10.5. The Kier molecular flexibility index (Phi) is 6.53. The van der Waals surface area contributed by atoms with Crippen LogP contribution in [0.4, 0.5) is 10.1 Å². The highest BCUT2D eigenvalue weighted by atomic mass is 35.5. The summed E-state index contributed by atoms with van der Waals surface area (Å²) < 4.78 is 19.3. The summed E-state index contributed by atoms with van der Waals surface area (Å²) >= 11 is 6.00. The van der Waals surface area contributed by atoms with Gasteiger partial charge in [0.1, 0.15) is 5.82 Å². The topological polar surface area (TPSA) is 38.3 Å². The monoisotopic (exact) mass is 347 g/mol. The number of hydrogen-bond acceptors (Lipinski definition) is 3. The second kappa shape index (κ2) is 8.62. The molecule has 0 bridgehead atoms. The third-order valence-corrected chi connectivity index (χ3v) is 3.49. The van der Waals surface area contributed by atoms with Crippen LogP contribution in [0.25, 0.3) is 0 Å². The van der Waals surface area contributed by atoms with Crippen LogP contribution in [0.3, 0.4) is 0 Å². The molecule has 0 saturated carbocycles. The second-order valence-corrected chi connectivity index (χ2v) is 5.87. The summed E-state index contributed by atoms with van der Waals surface area (Å²) in [6.45, 7) is 7.10. The highest BCUT2D eigenvalue weighted by Crippen LogP contribution is 2.24. The van der Waals surface area contributed by atoms with Gasteiger partial charge in [0.15, 0.2) is 5.78 Å². The van der Waals surface area contributed by atoms with Gasteiger partial charge in [-0.3, -0.25) is 4.79 Å². The van der Waals surface area contributed by atoms with Crippen molar-refractivity contribution < 1.29 is 13.9 Å². The predicted molar refractivity (Wildman–Crippen MR) is 95.4 cm³/mol. The molecule has 2 rings (SSSR count). The lowest BCUT2D eigenvalue weighted by molar-refractivity contribution is 0.103. The number of nitrogens with one attached hydrogen (secondary N) is 1. The SMILES string of the molecule is C=C(C)COCCNc1ccc(Cl)cc1C(=O)c1ccccc1F. The maximum atomic E-state index is 13.9. The standard InChI is InChI=1S/C19H19ClFNO2/c1-13(2)12-24-10-9-22-18-8-7-14(20)11-16(18)19(23)15-5-3-4-6-17(15)21/h3-8,11,22H,1,9-10,12H2,2H3. The van der Waals surface area contributed by atoms with Crippen molar-refractivity contribution in [1.29, 1.82) is 0 Å². The van der Waals surface area contributed by atoms with Crippen molar-refractivity contribution in [2.75, 3.05) is 25.1 Å². The Morgan fingerprint density at radius 1 is 1.25 bits per heavy atom. The third-order valence-electron chi connectivity index (χ3n) is 3.26. The maximum Gasteiger partial charge on any atom is 0.198 e. The zero-order valence-corrected chi connectivity index (χ0v) is 14.2. The van der Waals surface area contributed by atoms with Gasteiger partial charge in [-0.1, -0.05) is 35.9 Å². The van der Waals surface area contributed by atoms with Crippen molar-refractivity contribution >= 4 is 23.1 Å². The first-order valence-corrected chi connectivity index (χ1v) is 7.91. The fourth-order valence-corrected chi connectivity index (χ4v) is 2.33. The molecule has 0 amide bonds. The van der Waals surface area contributed by atoms with E-state index in [-0.39, 0.29) is 5.56 Å². The molecule has 0 radical (unpaired) electrons. The van der Waals surface area contributed by atoms with Crippen molar-refractivity contribution in [2.24, 2.45) is 0 Å². The fraction of sp³-hybridized carbons (Fsp3) is 0.211. The van der Waals surface area contributed by atoms with Crippen LogP contribution in [-0.2, 0) is 4.74 Å². The molecule has 1 N–H and O–H groups in total. The van der Waals surface area contributed by atoms with Crippen LogP contribution in [0.1, 0.15) is 22.8 Å². The number of ketones is 1. The number of ether oxygens (including phenoxy) is 1. The Bertz CT molecular complexity index is 746. The summed E-state index contributed by atoms with van der Waals surface area (Å²) in [6.07, 6.45) is 0. The molecule has 24 heavy (non-hydrogen) atoms. The Morgan fingerprint density at radius 2 is 2.00 bits per heavy atom. The van der Waals surface area contributed by atoms with E-state index in [4.69, 9.17) is 16.3 Å². The van der Waals surface area contributed by atoms with E-state index in [2.05, 4.69) is 11.9 Å². The molecule has 5 heteroatoms. The molecule has 0 unspecified atom stereocenters. The molecular weight excluding hydrogens is 329 g/mol. The van der Waals surface area contributed by atoms with Gasteiger partial charge in [-0.25, -0.2) is 4.39 Å². The zero-order valence-electron chi connectivity index (χ0n) is 13.4. The number of carbonyl (C=O) groups excluding carboxylic acids is 1. The molecule has 0 atom stereocenters. The van der Waals surface area contributed by atoms with E-state index in [9.17, 15) is 9.18 Å². The van der Waals surface area contributed by atoms with E-state index in [1.165, 1.54) is 18.2 Å². The molecule has 0 heterocycles. The van der Waals surface area contributed by atoms with Crippen molar-refractivity contribution in [2.45, 2.75) is 6.92 Å². The number of benzene rings is 2. The highest BCUT2D eigenvalue weighted by Gasteiger charge is 2.17. The second-order valence-electron chi connectivity index (χ2n) is 5.44. The lowest BCUT2D eigenvalue weighted by Crippen LogP contribution is -2.14. The molecular formula is C19H19ClFNO2. The van der Waals surface area contributed by atoms with Gasteiger partial charge in [0, 0.05) is 22.8 Å². The quantitative estimate of drug-likeness (QED) is 0.427. The molecule has 2 aromatic carbocycles. The van der Waals surface area contributed by atoms with Gasteiger partial charge < -0.3 is 10.1 Å². The summed E-state index contributed by atoms with van der Waals surface area (Å²) in [7, 11) is 0. The van der Waals surface area contributed by atoms with Crippen LogP contribution in [0, 0.1) is 5.82 Å². The summed E-state index contributed by atoms with van der Waals surface area (Å²) in [6, 6.07) is 10.8. The van der Waals surface area contributed by atoms with Crippen molar-refractivity contribution in [3.05, 3.63) is 76.6 Å². The third kappa shape index (κ3) is 4.91. The molecule has 0 spiro atoms. The van der Waals surface area contributed by atoms with Gasteiger partial charge in [-0.05, 0) is 37.3 Å². The molecule has 0 aliphatic rings. The van der Waals surface area contributed by atoms with Crippen LogP contribution in [0.2, 0.25) is 5.02 Å². The van der Waals surface area contributed by atoms with Gasteiger partial charge >= 0.3 is 0 Å². The molecule has 2 aromatic rings. The summed E-state index contributed by atoms with van der Waals surface area (Å²) in [5.74, 6) is -0.973. The number of carbonyl (C=O) groups is 1. The first kappa shape index (κ1) is 18.2. The fourth-order valence-electron chi connectivity index (χ4n) is 2.15. The minimum atomic E-state index is -0.557. The van der Waals surface area contributed by atoms with Crippen molar-refractivity contribution in [1.82, 2.24) is 0 Å². The Hall–Kier alpha value is -2.17. The van der Waals surface area contributed by atoms with E-state index >= 15 is 0 Å². The average molecular weight is 348 g/mol. The first-order valence-electron chi connectivity index (χ1n) is 7.54. The first-order chi connectivity index (χ1) is 11.5. The van der Waals surface area contributed by atoms with Gasteiger partial charge in [0.05, 0.1) is 18.8 Å². The lowest BCUT2D eigenvalue weighted by Gasteiger charge is -2.12. The Morgan fingerprint density at radius 3 is 2.71 bits per heavy atom. The predicted octanol–water partition coefficient (Wildman–Crippen LogP) is 4.71. The van der Waals surface area contributed by atoms with E-state index in [1.807, 2.05) is 6.92 Å². The van der Waals surface area contributed by atoms with Gasteiger partial charge in [0.25, 0.3) is 0 Å². The van der Waals surface area contributed by atoms with Crippen LogP contribution in [0.15, 0.2) is 54.6 Å². The summed E-state index contributed by atoms with van der Waals surface area (Å²) in [5, 5.41) is 3.54. The van der Waals surface area contributed by atoms with Gasteiger partial charge in [-0.15, -0.1) is 0 Å². The zero-order chi connectivity index (χ0) is 17.5. The highest BCUT2D eigenvalue weighted by molar-refractivity contribution is 6.31.